The summed E-state index contributed by atoms with van der Waals surface area (Å²) in [6.07, 6.45) is 0.409. The zero-order valence-electron chi connectivity index (χ0n) is 11.0. The van der Waals surface area contributed by atoms with Gasteiger partial charge in [0.15, 0.2) is 0 Å². The maximum Gasteiger partial charge on any atom is 1.00 e. The molecule has 2 aromatic carbocycles. The van der Waals surface area contributed by atoms with Crippen LogP contribution in [0.15, 0.2) is 42.5 Å². The Bertz CT molecular complexity index is 611. The fourth-order valence-electron chi connectivity index (χ4n) is 1.43. The third-order valence-corrected chi connectivity index (χ3v) is 3.10. The summed E-state index contributed by atoms with van der Waals surface area (Å²) in [5, 5.41) is 11.4. The van der Waals surface area contributed by atoms with Crippen molar-refractivity contribution in [2.45, 2.75) is 13.3 Å². The summed E-state index contributed by atoms with van der Waals surface area (Å²) in [5.41, 5.74) is 0. The van der Waals surface area contributed by atoms with Gasteiger partial charge >= 0.3 is 29.6 Å². The summed E-state index contributed by atoms with van der Waals surface area (Å²) in [6.45, 7) is 1.65. The second kappa shape index (κ2) is 8.55. The molecule has 0 unspecified atom stereocenters. The molecule has 0 saturated heterocycles. The van der Waals surface area contributed by atoms with Crippen LogP contribution < -0.4 is 29.6 Å². The fourth-order valence-corrected chi connectivity index (χ4v) is 1.93. The number of benzene rings is 2. The van der Waals surface area contributed by atoms with Crippen LogP contribution in [-0.4, -0.2) is 23.8 Å². The average Bonchev–Trinajstić information content (AvgIpc) is 2.28. The molecule has 19 heavy (non-hydrogen) atoms. The van der Waals surface area contributed by atoms with Gasteiger partial charge in [-0.05, 0) is 29.3 Å². The molecule has 0 spiro atoms. The summed E-state index contributed by atoms with van der Waals surface area (Å²) in [7, 11) is -3.92. The van der Waals surface area contributed by atoms with Crippen molar-refractivity contribution in [2.24, 2.45) is 0 Å². The van der Waals surface area contributed by atoms with Gasteiger partial charge < -0.3 is 9.66 Å². The van der Waals surface area contributed by atoms with E-state index < -0.39 is 10.1 Å². The second-order valence-corrected chi connectivity index (χ2v) is 5.32. The quantitative estimate of drug-likeness (QED) is 0.597. The van der Waals surface area contributed by atoms with Gasteiger partial charge in [0.25, 0.3) is 0 Å². The van der Waals surface area contributed by atoms with Crippen molar-refractivity contribution in [1.29, 1.82) is 0 Å². The third-order valence-electron chi connectivity index (χ3n) is 2.19. The summed E-state index contributed by atoms with van der Waals surface area (Å²) in [5.74, 6) is 0.0798. The first-order valence-electron chi connectivity index (χ1n) is 5.53. The van der Waals surface area contributed by atoms with E-state index in [1.807, 2.05) is 30.3 Å². The van der Waals surface area contributed by atoms with Crippen molar-refractivity contribution in [2.75, 3.05) is 5.75 Å². The summed E-state index contributed by atoms with van der Waals surface area (Å²) >= 11 is 0. The molecule has 2 rings (SSSR count). The molecule has 0 aliphatic rings. The van der Waals surface area contributed by atoms with Gasteiger partial charge in [-0.15, -0.1) is 0 Å². The number of aromatic hydroxyl groups is 1. The number of fused-ring (bicyclic) bond motifs is 1. The Hall–Kier alpha value is -0.590. The second-order valence-electron chi connectivity index (χ2n) is 3.79. The van der Waals surface area contributed by atoms with Gasteiger partial charge in [0, 0.05) is 5.75 Å². The minimum atomic E-state index is -3.92. The Labute approximate surface area is 135 Å². The van der Waals surface area contributed by atoms with Crippen LogP contribution in [-0.2, 0) is 10.1 Å². The van der Waals surface area contributed by atoms with Gasteiger partial charge in [-0.1, -0.05) is 37.3 Å². The maximum absolute atomic E-state index is 9.68. The molecule has 4 nitrogen and oxygen atoms in total. The van der Waals surface area contributed by atoms with Gasteiger partial charge in [-0.25, -0.2) is 8.42 Å². The van der Waals surface area contributed by atoms with Crippen molar-refractivity contribution in [3.63, 3.8) is 0 Å². The minimum Gasteiger partial charge on any atom is -0.748 e. The van der Waals surface area contributed by atoms with E-state index in [9.17, 15) is 13.0 Å². The minimum absolute atomic E-state index is 0. The zero-order valence-corrected chi connectivity index (χ0v) is 13.9. The predicted octanol–water partition coefficient (Wildman–Crippen LogP) is -0.509. The molecule has 0 aliphatic carbocycles. The summed E-state index contributed by atoms with van der Waals surface area (Å²) in [4.78, 5) is 0. The average molecular weight is 290 g/mol. The van der Waals surface area contributed by atoms with Gasteiger partial charge in [-0.2, -0.15) is 0 Å². The van der Waals surface area contributed by atoms with Crippen LogP contribution in [0.1, 0.15) is 13.3 Å². The molecule has 0 fully saturated rings. The standard InChI is InChI=1S/C10H8O.C3H8O3S.Na/c11-10-6-5-8-3-1-2-4-9(8)7-10;1-2-3-7(4,5)6;/h1-7,11H;2-3H2,1H3,(H,4,5,6);/q;;+1/p-1. The Balaban J connectivity index is 0.000000360. The largest absolute Gasteiger partial charge is 1.00 e. The molecule has 2 aromatic rings. The molecule has 0 aliphatic heterocycles. The molecule has 0 amide bonds. The molecule has 0 heterocycles. The van der Waals surface area contributed by atoms with Crippen LogP contribution in [0.4, 0.5) is 0 Å². The van der Waals surface area contributed by atoms with Crippen molar-refractivity contribution in [1.82, 2.24) is 0 Å². The van der Waals surface area contributed by atoms with Crippen LogP contribution in [0.25, 0.3) is 10.8 Å². The van der Waals surface area contributed by atoms with Crippen molar-refractivity contribution in [3.05, 3.63) is 42.5 Å². The Morgan fingerprint density at radius 2 is 1.68 bits per heavy atom. The number of rotatable bonds is 2. The number of hydrogen-bond acceptors (Lipinski definition) is 4. The van der Waals surface area contributed by atoms with Crippen LogP contribution in [0.3, 0.4) is 0 Å². The molecule has 0 saturated carbocycles. The van der Waals surface area contributed by atoms with Crippen LogP contribution in [0.5, 0.6) is 5.75 Å². The topological polar surface area (TPSA) is 77.4 Å². The zero-order chi connectivity index (χ0) is 13.6. The van der Waals surface area contributed by atoms with Crippen molar-refractivity contribution in [3.8, 4) is 5.75 Å². The monoisotopic (exact) mass is 290 g/mol. The van der Waals surface area contributed by atoms with E-state index in [0.29, 0.717) is 12.2 Å². The van der Waals surface area contributed by atoms with Crippen molar-refractivity contribution >= 4 is 20.9 Å². The summed E-state index contributed by atoms with van der Waals surface area (Å²) < 4.78 is 29.0. The third kappa shape index (κ3) is 7.54. The predicted molar refractivity (Wildman–Crippen MR) is 70.5 cm³/mol. The van der Waals surface area contributed by atoms with Gasteiger partial charge in [0.2, 0.25) is 0 Å². The van der Waals surface area contributed by atoms with E-state index in [0.717, 1.165) is 10.8 Å². The molecule has 6 heteroatoms. The van der Waals surface area contributed by atoms with E-state index in [-0.39, 0.29) is 35.3 Å². The normalized spacial score (nSPS) is 10.2. The Morgan fingerprint density at radius 1 is 1.11 bits per heavy atom. The first-order valence-corrected chi connectivity index (χ1v) is 7.11. The fraction of sp³-hybridized carbons (Fsp3) is 0.231. The van der Waals surface area contributed by atoms with Gasteiger partial charge in [0.1, 0.15) is 5.75 Å². The molecule has 98 valence electrons. The number of phenolic OH excluding ortho intramolecular Hbond substituents is 1. The Morgan fingerprint density at radius 3 is 2.16 bits per heavy atom. The van der Waals surface area contributed by atoms with E-state index in [1.54, 1.807) is 19.1 Å². The van der Waals surface area contributed by atoms with Crippen LogP contribution in [0.2, 0.25) is 0 Å². The molecule has 0 atom stereocenters. The van der Waals surface area contributed by atoms with Gasteiger partial charge in [0.05, 0.1) is 10.1 Å². The van der Waals surface area contributed by atoms with E-state index in [4.69, 9.17) is 5.11 Å². The van der Waals surface area contributed by atoms with E-state index >= 15 is 0 Å². The summed E-state index contributed by atoms with van der Waals surface area (Å²) in [6, 6.07) is 13.3. The van der Waals surface area contributed by atoms with Gasteiger partial charge in [-0.3, -0.25) is 0 Å². The number of phenols is 1. The van der Waals surface area contributed by atoms with Crippen LogP contribution >= 0.6 is 0 Å². The first kappa shape index (κ1) is 18.4. The van der Waals surface area contributed by atoms with Crippen molar-refractivity contribution < 1.29 is 47.6 Å². The molecule has 0 radical (unpaired) electrons. The maximum atomic E-state index is 9.68. The molecular formula is C13H15NaO4S. The first-order chi connectivity index (χ1) is 8.42. The molecule has 1 N–H and O–H groups in total. The Kier molecular flexibility index (Phi) is 8.29. The smallest absolute Gasteiger partial charge is 0.748 e. The molecule has 0 bridgehead atoms. The van der Waals surface area contributed by atoms with E-state index in [1.165, 1.54) is 0 Å². The molecule has 0 aromatic heterocycles. The molecular weight excluding hydrogens is 275 g/mol. The SMILES string of the molecule is CCCS(=O)(=O)[O-].Oc1ccc2ccccc2c1.[Na+]. The van der Waals surface area contributed by atoms with Crippen LogP contribution in [0, 0.1) is 0 Å². The van der Waals surface area contributed by atoms with E-state index in [2.05, 4.69) is 0 Å². The number of hydrogen-bond donors (Lipinski definition) is 1.